The fraction of sp³-hybridized carbons (Fsp3) is 0.357. The highest BCUT2D eigenvalue weighted by Crippen LogP contribution is 2.32. The van der Waals surface area contributed by atoms with Crippen LogP contribution in [0.2, 0.25) is 0 Å². The SMILES string of the molecule is O=C1N=C2CCCC2C(SCc2ccccc2F)=N1. The van der Waals surface area contributed by atoms with Crippen LogP contribution in [0, 0.1) is 11.7 Å². The molecular formula is C14H13FN2OS. The number of urea groups is 1. The van der Waals surface area contributed by atoms with Crippen LogP contribution in [0.1, 0.15) is 24.8 Å². The van der Waals surface area contributed by atoms with Gasteiger partial charge in [-0.25, -0.2) is 14.2 Å². The first-order chi connectivity index (χ1) is 9.24. The van der Waals surface area contributed by atoms with E-state index in [2.05, 4.69) is 9.98 Å². The lowest BCUT2D eigenvalue weighted by atomic mass is 10.1. The Labute approximate surface area is 115 Å². The Morgan fingerprint density at radius 1 is 1.32 bits per heavy atom. The van der Waals surface area contributed by atoms with Crippen molar-refractivity contribution in [3.05, 3.63) is 35.6 Å². The number of aliphatic imine (C=N–C) groups is 2. The number of carbonyl (C=O) groups excluding carboxylic acids is 1. The van der Waals surface area contributed by atoms with E-state index < -0.39 is 6.03 Å². The van der Waals surface area contributed by atoms with Gasteiger partial charge in [0.1, 0.15) is 5.82 Å². The third-order valence-corrected chi connectivity index (χ3v) is 4.53. The van der Waals surface area contributed by atoms with Crippen molar-refractivity contribution in [3.63, 3.8) is 0 Å². The van der Waals surface area contributed by atoms with Crippen molar-refractivity contribution >= 4 is 28.5 Å². The molecule has 1 aliphatic heterocycles. The second-order valence-electron chi connectivity index (χ2n) is 4.66. The van der Waals surface area contributed by atoms with Crippen LogP contribution in [0.4, 0.5) is 9.18 Å². The van der Waals surface area contributed by atoms with Gasteiger partial charge in [-0.3, -0.25) is 0 Å². The first-order valence-corrected chi connectivity index (χ1v) is 7.29. The maximum atomic E-state index is 13.5. The molecule has 1 unspecified atom stereocenters. The van der Waals surface area contributed by atoms with Crippen molar-refractivity contribution in [3.8, 4) is 0 Å². The van der Waals surface area contributed by atoms with E-state index in [0.29, 0.717) is 11.3 Å². The van der Waals surface area contributed by atoms with E-state index in [1.165, 1.54) is 17.8 Å². The molecule has 1 fully saturated rings. The fourth-order valence-corrected chi connectivity index (χ4v) is 3.58. The van der Waals surface area contributed by atoms with Gasteiger partial charge >= 0.3 is 6.03 Å². The molecule has 1 heterocycles. The lowest BCUT2D eigenvalue weighted by molar-refractivity contribution is 0.256. The van der Waals surface area contributed by atoms with Crippen molar-refractivity contribution in [2.75, 3.05) is 0 Å². The van der Waals surface area contributed by atoms with Gasteiger partial charge in [0.2, 0.25) is 0 Å². The van der Waals surface area contributed by atoms with Gasteiger partial charge in [0.05, 0.1) is 5.04 Å². The maximum absolute atomic E-state index is 13.5. The topological polar surface area (TPSA) is 41.8 Å². The molecule has 3 rings (SSSR count). The number of hydrogen-bond acceptors (Lipinski definition) is 2. The zero-order chi connectivity index (χ0) is 13.2. The molecule has 3 nitrogen and oxygen atoms in total. The van der Waals surface area contributed by atoms with Gasteiger partial charge in [-0.05, 0) is 30.9 Å². The molecule has 1 aromatic carbocycles. The van der Waals surface area contributed by atoms with Crippen LogP contribution in [0.25, 0.3) is 0 Å². The molecule has 2 aliphatic rings. The number of thioether (sulfide) groups is 1. The van der Waals surface area contributed by atoms with Gasteiger partial charge in [-0.1, -0.05) is 18.2 Å². The summed E-state index contributed by atoms with van der Waals surface area (Å²) < 4.78 is 13.5. The summed E-state index contributed by atoms with van der Waals surface area (Å²) in [5.74, 6) is 0.482. The minimum atomic E-state index is -0.413. The number of nitrogens with zero attached hydrogens (tertiary/aromatic N) is 2. The highest BCUT2D eigenvalue weighted by atomic mass is 32.2. The fourth-order valence-electron chi connectivity index (χ4n) is 2.45. The molecule has 0 aromatic heterocycles. The highest BCUT2D eigenvalue weighted by molar-refractivity contribution is 8.13. The van der Waals surface area contributed by atoms with Crippen molar-refractivity contribution in [2.24, 2.45) is 15.9 Å². The largest absolute Gasteiger partial charge is 0.367 e. The molecule has 5 heteroatoms. The predicted octanol–water partition coefficient (Wildman–Crippen LogP) is 3.83. The maximum Gasteiger partial charge on any atom is 0.367 e. The molecular weight excluding hydrogens is 263 g/mol. The van der Waals surface area contributed by atoms with Crippen LogP contribution in [0.15, 0.2) is 34.3 Å². The predicted molar refractivity (Wildman–Crippen MR) is 75.3 cm³/mol. The molecule has 1 atom stereocenters. The molecule has 0 N–H and O–H groups in total. The van der Waals surface area contributed by atoms with Gasteiger partial charge in [0.25, 0.3) is 0 Å². The van der Waals surface area contributed by atoms with Crippen molar-refractivity contribution < 1.29 is 9.18 Å². The minimum absolute atomic E-state index is 0.189. The number of halogens is 1. The summed E-state index contributed by atoms with van der Waals surface area (Å²) in [5.41, 5.74) is 1.60. The van der Waals surface area contributed by atoms with E-state index in [1.807, 2.05) is 6.07 Å². The Hall–Kier alpha value is -1.49. The molecule has 1 aromatic rings. The Kier molecular flexibility index (Phi) is 3.46. The molecule has 0 saturated heterocycles. The van der Waals surface area contributed by atoms with Gasteiger partial charge in [0, 0.05) is 17.4 Å². The Bertz CT molecular complexity index is 583. The van der Waals surface area contributed by atoms with Gasteiger partial charge in [-0.2, -0.15) is 4.99 Å². The molecule has 0 spiro atoms. The second kappa shape index (κ2) is 5.25. The first-order valence-electron chi connectivity index (χ1n) is 6.30. The summed E-state index contributed by atoms with van der Waals surface area (Å²) in [6.45, 7) is 0. The average Bonchev–Trinajstić information content (AvgIpc) is 2.85. The highest BCUT2D eigenvalue weighted by Gasteiger charge is 2.31. The third-order valence-electron chi connectivity index (χ3n) is 3.40. The van der Waals surface area contributed by atoms with Crippen LogP contribution >= 0.6 is 11.8 Å². The summed E-state index contributed by atoms with van der Waals surface area (Å²) in [4.78, 5) is 19.4. The summed E-state index contributed by atoms with van der Waals surface area (Å²) in [7, 11) is 0. The van der Waals surface area contributed by atoms with Gasteiger partial charge in [0.15, 0.2) is 0 Å². The van der Waals surface area contributed by atoms with Crippen LogP contribution in [0.5, 0.6) is 0 Å². The number of fused-ring (bicyclic) bond motifs is 1. The Morgan fingerprint density at radius 3 is 3.00 bits per heavy atom. The summed E-state index contributed by atoms with van der Waals surface area (Å²) >= 11 is 1.45. The standard InChI is InChI=1S/C14H13FN2OS/c15-11-6-2-1-4-9(11)8-19-13-10-5-3-7-12(10)16-14(18)17-13/h1-2,4,6,10H,3,5,7-8H2. The van der Waals surface area contributed by atoms with E-state index in [-0.39, 0.29) is 11.7 Å². The van der Waals surface area contributed by atoms with Crippen molar-refractivity contribution in [2.45, 2.75) is 25.0 Å². The summed E-state index contributed by atoms with van der Waals surface area (Å²) in [5, 5.41) is 0.802. The van der Waals surface area contributed by atoms with Crippen LogP contribution < -0.4 is 0 Å². The molecule has 0 radical (unpaired) electrons. The number of carbonyl (C=O) groups is 1. The van der Waals surface area contributed by atoms with E-state index in [0.717, 1.165) is 30.0 Å². The molecule has 98 valence electrons. The molecule has 19 heavy (non-hydrogen) atoms. The number of rotatable bonds is 2. The van der Waals surface area contributed by atoms with Crippen molar-refractivity contribution in [1.29, 1.82) is 0 Å². The minimum Gasteiger partial charge on any atom is -0.244 e. The number of amides is 2. The van der Waals surface area contributed by atoms with Crippen LogP contribution in [-0.2, 0) is 5.75 Å². The first kappa shape index (κ1) is 12.5. The van der Waals surface area contributed by atoms with E-state index in [4.69, 9.17) is 0 Å². The summed E-state index contributed by atoms with van der Waals surface area (Å²) in [6.07, 6.45) is 2.93. The molecule has 1 aliphatic carbocycles. The monoisotopic (exact) mass is 276 g/mol. The third kappa shape index (κ3) is 2.61. The van der Waals surface area contributed by atoms with Crippen molar-refractivity contribution in [1.82, 2.24) is 0 Å². The Balaban J connectivity index is 1.73. The molecule has 1 saturated carbocycles. The lowest BCUT2D eigenvalue weighted by Crippen LogP contribution is -2.22. The Morgan fingerprint density at radius 2 is 2.16 bits per heavy atom. The quantitative estimate of drug-likeness (QED) is 0.823. The van der Waals surface area contributed by atoms with Gasteiger partial charge < -0.3 is 0 Å². The van der Waals surface area contributed by atoms with E-state index >= 15 is 0 Å². The number of benzene rings is 1. The molecule has 0 bridgehead atoms. The van der Waals surface area contributed by atoms with Crippen LogP contribution in [-0.4, -0.2) is 16.8 Å². The summed E-state index contributed by atoms with van der Waals surface area (Å²) in [6, 6.07) is 6.29. The van der Waals surface area contributed by atoms with Crippen LogP contribution in [0.3, 0.4) is 0 Å². The zero-order valence-electron chi connectivity index (χ0n) is 10.3. The average molecular weight is 276 g/mol. The van der Waals surface area contributed by atoms with Gasteiger partial charge in [-0.15, -0.1) is 11.8 Å². The van der Waals surface area contributed by atoms with E-state index in [9.17, 15) is 9.18 Å². The van der Waals surface area contributed by atoms with E-state index in [1.54, 1.807) is 12.1 Å². The second-order valence-corrected chi connectivity index (χ2v) is 5.66. The smallest absolute Gasteiger partial charge is 0.244 e. The lowest BCUT2D eigenvalue weighted by Gasteiger charge is -2.16. The molecule has 2 amide bonds. The zero-order valence-corrected chi connectivity index (χ0v) is 11.1. The normalized spacial score (nSPS) is 21.9. The number of hydrogen-bond donors (Lipinski definition) is 0.